The van der Waals surface area contributed by atoms with Gasteiger partial charge >= 0.3 is 0 Å². The molecule has 0 unspecified atom stereocenters. The van der Waals surface area contributed by atoms with Gasteiger partial charge in [0.25, 0.3) is 0 Å². The van der Waals surface area contributed by atoms with Gasteiger partial charge in [-0.05, 0) is 43.0 Å². The van der Waals surface area contributed by atoms with Gasteiger partial charge in [0.1, 0.15) is 5.52 Å². The van der Waals surface area contributed by atoms with Gasteiger partial charge in [-0.15, -0.1) is 10.2 Å². The molecule has 164 valence electrons. The summed E-state index contributed by atoms with van der Waals surface area (Å²) in [6.45, 7) is 2.54. The minimum absolute atomic E-state index is 0.271. The van der Waals surface area contributed by atoms with Gasteiger partial charge < -0.3 is 9.47 Å². The van der Waals surface area contributed by atoms with E-state index >= 15 is 0 Å². The molecule has 1 saturated heterocycles. The van der Waals surface area contributed by atoms with Crippen LogP contribution in [0.1, 0.15) is 31.2 Å². The van der Waals surface area contributed by atoms with Crippen molar-refractivity contribution in [1.29, 1.82) is 0 Å². The fraction of sp³-hybridized carbons (Fsp3) is 0.333. The Hall–Kier alpha value is -2.45. The van der Waals surface area contributed by atoms with Crippen molar-refractivity contribution in [3.8, 4) is 0 Å². The topological polar surface area (TPSA) is 63.9 Å². The Morgan fingerprint density at radius 1 is 1.03 bits per heavy atom. The first-order valence-corrected chi connectivity index (χ1v) is 12.7. The third-order valence-corrected chi connectivity index (χ3v) is 7.29. The van der Waals surface area contributed by atoms with Crippen molar-refractivity contribution >= 4 is 55.7 Å². The summed E-state index contributed by atoms with van der Waals surface area (Å²) in [5.74, 6) is 1.08. The largest absolute Gasteiger partial charge is 0.343 e. The van der Waals surface area contributed by atoms with E-state index in [4.69, 9.17) is 4.98 Å². The van der Waals surface area contributed by atoms with E-state index in [1.54, 1.807) is 11.8 Å². The number of rotatable bonds is 7. The van der Waals surface area contributed by atoms with Crippen molar-refractivity contribution < 1.29 is 4.79 Å². The third kappa shape index (κ3) is 4.52. The van der Waals surface area contributed by atoms with Gasteiger partial charge in [0.2, 0.25) is 11.1 Å². The summed E-state index contributed by atoms with van der Waals surface area (Å²) in [6, 6.07) is 16.6. The van der Waals surface area contributed by atoms with Gasteiger partial charge in [0.05, 0.1) is 5.52 Å². The van der Waals surface area contributed by atoms with Crippen LogP contribution in [0.4, 0.5) is 0 Å². The maximum Gasteiger partial charge on any atom is 0.222 e. The molecule has 2 aromatic carbocycles. The van der Waals surface area contributed by atoms with Crippen LogP contribution >= 0.6 is 27.7 Å². The number of thioether (sulfide) groups is 1. The van der Waals surface area contributed by atoms with Crippen molar-refractivity contribution in [2.75, 3.05) is 18.8 Å². The molecule has 4 aromatic rings. The molecule has 3 heterocycles. The number of likely N-dealkylation sites (tertiary alicyclic amines) is 1. The molecule has 2 aromatic heterocycles. The fourth-order valence-corrected chi connectivity index (χ4v) is 5.18. The number of aromatic nitrogens is 4. The number of carbonyl (C=O) groups is 1. The van der Waals surface area contributed by atoms with Crippen molar-refractivity contribution in [2.45, 2.75) is 37.4 Å². The molecule has 5 rings (SSSR count). The van der Waals surface area contributed by atoms with E-state index in [0.717, 1.165) is 64.6 Å². The Bertz CT molecular complexity index is 1250. The first-order chi connectivity index (χ1) is 15.7. The lowest BCUT2D eigenvalue weighted by atomic mass is 10.2. The van der Waals surface area contributed by atoms with Crippen LogP contribution in [-0.4, -0.2) is 49.4 Å². The zero-order valence-electron chi connectivity index (χ0n) is 17.7. The Labute approximate surface area is 199 Å². The maximum atomic E-state index is 12.2. The predicted octanol–water partition coefficient (Wildman–Crippen LogP) is 5.29. The second-order valence-corrected chi connectivity index (χ2v) is 10.0. The van der Waals surface area contributed by atoms with E-state index in [9.17, 15) is 4.79 Å². The molecule has 0 saturated carbocycles. The highest BCUT2D eigenvalue weighted by atomic mass is 79.9. The third-order valence-electron chi connectivity index (χ3n) is 5.83. The lowest BCUT2D eigenvalue weighted by molar-refractivity contribution is -0.130. The van der Waals surface area contributed by atoms with Gasteiger partial charge in [-0.1, -0.05) is 58.0 Å². The minimum atomic E-state index is 0.271. The van der Waals surface area contributed by atoms with E-state index in [-0.39, 0.29) is 5.91 Å². The van der Waals surface area contributed by atoms with Crippen molar-refractivity contribution in [2.24, 2.45) is 0 Å². The highest BCUT2D eigenvalue weighted by Crippen LogP contribution is 2.28. The molecule has 0 aliphatic carbocycles. The Morgan fingerprint density at radius 2 is 1.81 bits per heavy atom. The normalized spacial score (nSPS) is 14.0. The summed E-state index contributed by atoms with van der Waals surface area (Å²) in [6.07, 6.45) is 3.68. The fourth-order valence-electron chi connectivity index (χ4n) is 4.19. The Kier molecular flexibility index (Phi) is 6.41. The molecule has 1 aliphatic heterocycles. The van der Waals surface area contributed by atoms with E-state index in [1.165, 1.54) is 5.56 Å². The number of fused-ring (bicyclic) bond motifs is 3. The van der Waals surface area contributed by atoms with Crippen LogP contribution in [0.2, 0.25) is 0 Å². The highest BCUT2D eigenvalue weighted by molar-refractivity contribution is 9.10. The van der Waals surface area contributed by atoms with Crippen LogP contribution in [0.3, 0.4) is 0 Å². The summed E-state index contributed by atoms with van der Waals surface area (Å²) >= 11 is 5.08. The standard InChI is InChI=1S/C24H24BrN5OS/c25-18-11-9-17(10-12-18)16-30-20-7-2-1-6-19(20)22-23(30)26-24(28-27-22)32-15-5-8-21(31)29-13-3-4-14-29/h1-2,6-7,9-12H,3-5,8,13-16H2. The number of nitrogens with zero attached hydrogens (tertiary/aromatic N) is 5. The van der Waals surface area contributed by atoms with E-state index in [2.05, 4.69) is 67.1 Å². The second-order valence-electron chi connectivity index (χ2n) is 8.04. The average Bonchev–Trinajstić information content (AvgIpc) is 3.46. The van der Waals surface area contributed by atoms with E-state index < -0.39 is 0 Å². The molecule has 0 bridgehead atoms. The first-order valence-electron chi connectivity index (χ1n) is 11.0. The smallest absolute Gasteiger partial charge is 0.222 e. The maximum absolute atomic E-state index is 12.2. The number of amides is 1. The minimum Gasteiger partial charge on any atom is -0.343 e. The lowest BCUT2D eigenvalue weighted by Gasteiger charge is -2.14. The SMILES string of the molecule is O=C(CCCSc1nnc2c3ccccc3n(Cc3ccc(Br)cc3)c2n1)N1CCCC1. The Balaban J connectivity index is 1.35. The quantitative estimate of drug-likeness (QED) is 0.250. The number of hydrogen-bond acceptors (Lipinski definition) is 5. The zero-order chi connectivity index (χ0) is 21.9. The zero-order valence-corrected chi connectivity index (χ0v) is 20.1. The molecule has 32 heavy (non-hydrogen) atoms. The van der Waals surface area contributed by atoms with Crippen LogP contribution in [0.25, 0.3) is 22.1 Å². The number of carbonyl (C=O) groups excluding carboxylic acids is 1. The molecular weight excluding hydrogens is 486 g/mol. The van der Waals surface area contributed by atoms with Gasteiger partial charge in [0.15, 0.2) is 5.65 Å². The molecule has 1 fully saturated rings. The summed E-state index contributed by atoms with van der Waals surface area (Å²) in [5, 5.41) is 10.6. The molecule has 0 radical (unpaired) electrons. The molecule has 8 heteroatoms. The molecule has 0 spiro atoms. The molecule has 0 N–H and O–H groups in total. The lowest BCUT2D eigenvalue weighted by Crippen LogP contribution is -2.27. The highest BCUT2D eigenvalue weighted by Gasteiger charge is 2.18. The number of hydrogen-bond donors (Lipinski definition) is 0. The van der Waals surface area contributed by atoms with Crippen molar-refractivity contribution in [3.05, 3.63) is 58.6 Å². The van der Waals surface area contributed by atoms with Gasteiger partial charge in [-0.2, -0.15) is 0 Å². The average molecular weight is 510 g/mol. The van der Waals surface area contributed by atoms with Crippen LogP contribution in [0.5, 0.6) is 0 Å². The summed E-state index contributed by atoms with van der Waals surface area (Å²) in [5.41, 5.74) is 3.97. The summed E-state index contributed by atoms with van der Waals surface area (Å²) in [4.78, 5) is 19.1. The van der Waals surface area contributed by atoms with Crippen molar-refractivity contribution in [3.63, 3.8) is 0 Å². The number of halogens is 1. The van der Waals surface area contributed by atoms with Crippen LogP contribution in [0.15, 0.2) is 58.2 Å². The molecule has 1 amide bonds. The van der Waals surface area contributed by atoms with Crippen LogP contribution in [-0.2, 0) is 11.3 Å². The van der Waals surface area contributed by atoms with Gasteiger partial charge in [-0.25, -0.2) is 4.98 Å². The predicted molar refractivity (Wildman–Crippen MR) is 132 cm³/mol. The number of benzene rings is 2. The second kappa shape index (κ2) is 9.58. The monoisotopic (exact) mass is 509 g/mol. The Morgan fingerprint density at radius 3 is 2.62 bits per heavy atom. The van der Waals surface area contributed by atoms with Gasteiger partial charge in [0, 0.05) is 41.7 Å². The number of para-hydroxylation sites is 1. The van der Waals surface area contributed by atoms with E-state index in [1.807, 2.05) is 17.0 Å². The summed E-state index contributed by atoms with van der Waals surface area (Å²) in [7, 11) is 0. The molecular formula is C24H24BrN5OS. The molecule has 0 atom stereocenters. The van der Waals surface area contributed by atoms with Gasteiger partial charge in [-0.3, -0.25) is 4.79 Å². The molecule has 6 nitrogen and oxygen atoms in total. The molecule has 1 aliphatic rings. The van der Waals surface area contributed by atoms with E-state index in [0.29, 0.717) is 18.1 Å². The van der Waals surface area contributed by atoms with Crippen molar-refractivity contribution in [1.82, 2.24) is 24.6 Å². The van der Waals surface area contributed by atoms with Crippen LogP contribution < -0.4 is 0 Å². The summed E-state index contributed by atoms with van der Waals surface area (Å²) < 4.78 is 3.28. The van der Waals surface area contributed by atoms with Crippen LogP contribution in [0, 0.1) is 0 Å². The first kappa shape index (κ1) is 21.4.